The van der Waals surface area contributed by atoms with Crippen LogP contribution < -0.4 is 10.4 Å². The van der Waals surface area contributed by atoms with Crippen LogP contribution in [0.25, 0.3) is 0 Å². The molecule has 0 amide bonds. The SMILES string of the molecule is CCCCCCCCCCCC[NH2+]CCC(=O)[O-]. The molecule has 0 radical (unpaired) electrons. The molecule has 0 bridgehead atoms. The Morgan fingerprint density at radius 1 is 0.833 bits per heavy atom. The number of carboxylic acids is 1. The zero-order chi connectivity index (χ0) is 13.5. The molecule has 3 heteroatoms. The summed E-state index contributed by atoms with van der Waals surface area (Å²) in [5, 5.41) is 12.3. The van der Waals surface area contributed by atoms with Crippen LogP contribution in [0.15, 0.2) is 0 Å². The molecule has 2 N–H and O–H groups in total. The van der Waals surface area contributed by atoms with Gasteiger partial charge in [0.1, 0.15) is 0 Å². The van der Waals surface area contributed by atoms with Crippen molar-refractivity contribution in [3.05, 3.63) is 0 Å². The second-order valence-electron chi connectivity index (χ2n) is 5.17. The monoisotopic (exact) mass is 257 g/mol. The van der Waals surface area contributed by atoms with Gasteiger partial charge in [0.05, 0.1) is 13.1 Å². The first kappa shape index (κ1) is 17.4. The van der Waals surface area contributed by atoms with Crippen LogP contribution in [0.3, 0.4) is 0 Å². The topological polar surface area (TPSA) is 56.7 Å². The molecule has 0 aliphatic carbocycles. The van der Waals surface area contributed by atoms with E-state index in [-0.39, 0.29) is 6.42 Å². The Bertz CT molecular complexity index is 183. The lowest BCUT2D eigenvalue weighted by Crippen LogP contribution is -2.84. The van der Waals surface area contributed by atoms with Gasteiger partial charge < -0.3 is 15.2 Å². The fraction of sp³-hybridized carbons (Fsp3) is 0.933. The number of hydrogen-bond donors (Lipinski definition) is 1. The number of carboxylic acid groups (broad SMARTS) is 1. The van der Waals surface area contributed by atoms with Gasteiger partial charge in [0.2, 0.25) is 0 Å². The van der Waals surface area contributed by atoms with Gasteiger partial charge in [0.25, 0.3) is 0 Å². The van der Waals surface area contributed by atoms with Crippen molar-refractivity contribution in [2.24, 2.45) is 0 Å². The van der Waals surface area contributed by atoms with Crippen LogP contribution in [-0.2, 0) is 4.79 Å². The largest absolute Gasteiger partial charge is 0.550 e. The van der Waals surface area contributed by atoms with Gasteiger partial charge in [0.15, 0.2) is 0 Å². The molecule has 0 saturated heterocycles. The molecule has 0 heterocycles. The first-order valence-corrected chi connectivity index (χ1v) is 7.79. The van der Waals surface area contributed by atoms with Gasteiger partial charge in [-0.3, -0.25) is 0 Å². The van der Waals surface area contributed by atoms with E-state index in [0.717, 1.165) is 6.54 Å². The lowest BCUT2D eigenvalue weighted by atomic mass is 10.1. The van der Waals surface area contributed by atoms with Crippen molar-refractivity contribution >= 4 is 5.97 Å². The summed E-state index contributed by atoms with van der Waals surface area (Å²) in [7, 11) is 0. The van der Waals surface area contributed by atoms with E-state index in [2.05, 4.69) is 12.2 Å². The highest BCUT2D eigenvalue weighted by Gasteiger charge is 1.94. The quantitative estimate of drug-likeness (QED) is 0.481. The van der Waals surface area contributed by atoms with Crippen molar-refractivity contribution in [2.45, 2.75) is 77.6 Å². The summed E-state index contributed by atoms with van der Waals surface area (Å²) in [4.78, 5) is 10.2. The van der Waals surface area contributed by atoms with E-state index in [1.807, 2.05) is 0 Å². The summed E-state index contributed by atoms with van der Waals surface area (Å²) in [6.07, 6.45) is 13.7. The molecule has 0 aromatic rings. The number of hydrogen-bond acceptors (Lipinski definition) is 2. The van der Waals surface area contributed by atoms with E-state index >= 15 is 0 Å². The summed E-state index contributed by atoms with van der Waals surface area (Å²) in [5.41, 5.74) is 0. The first-order chi connectivity index (χ1) is 8.77. The maximum atomic E-state index is 10.2. The molecular weight excluding hydrogens is 226 g/mol. The summed E-state index contributed by atoms with van der Waals surface area (Å²) in [6.45, 7) is 3.98. The Kier molecular flexibility index (Phi) is 14.0. The third-order valence-corrected chi connectivity index (χ3v) is 3.31. The Morgan fingerprint density at radius 3 is 1.83 bits per heavy atom. The van der Waals surface area contributed by atoms with Crippen LogP contribution in [-0.4, -0.2) is 19.1 Å². The molecule has 0 rings (SSSR count). The van der Waals surface area contributed by atoms with Crippen LogP contribution in [0.1, 0.15) is 77.6 Å². The number of carbonyl (C=O) groups is 1. The standard InChI is InChI=1S/C15H31NO2/c1-2-3-4-5-6-7-8-9-10-11-13-16-14-12-15(17)18/h16H,2-14H2,1H3,(H,17,18). The van der Waals surface area contributed by atoms with E-state index < -0.39 is 5.97 Å². The lowest BCUT2D eigenvalue weighted by molar-refractivity contribution is -0.654. The number of aliphatic carboxylic acids is 1. The van der Waals surface area contributed by atoms with Crippen molar-refractivity contribution in [3.8, 4) is 0 Å². The zero-order valence-corrected chi connectivity index (χ0v) is 12.1. The molecule has 0 aromatic heterocycles. The summed E-state index contributed by atoms with van der Waals surface area (Å²) in [6, 6.07) is 0. The van der Waals surface area contributed by atoms with Crippen LogP contribution >= 0.6 is 0 Å². The zero-order valence-electron chi connectivity index (χ0n) is 12.1. The van der Waals surface area contributed by atoms with Gasteiger partial charge in [-0.05, 0) is 12.8 Å². The van der Waals surface area contributed by atoms with Crippen LogP contribution in [0.5, 0.6) is 0 Å². The molecular formula is C15H31NO2. The second-order valence-corrected chi connectivity index (χ2v) is 5.17. The molecule has 0 atom stereocenters. The van der Waals surface area contributed by atoms with Gasteiger partial charge in [-0.25, -0.2) is 0 Å². The lowest BCUT2D eigenvalue weighted by Gasteiger charge is -2.03. The van der Waals surface area contributed by atoms with Crippen LogP contribution in [0.4, 0.5) is 0 Å². The van der Waals surface area contributed by atoms with Gasteiger partial charge >= 0.3 is 0 Å². The first-order valence-electron chi connectivity index (χ1n) is 7.79. The van der Waals surface area contributed by atoms with Gasteiger partial charge in [-0.1, -0.05) is 58.3 Å². The molecule has 108 valence electrons. The van der Waals surface area contributed by atoms with Crippen LogP contribution in [0.2, 0.25) is 0 Å². The Balaban J connectivity index is 2.92. The Morgan fingerprint density at radius 2 is 1.33 bits per heavy atom. The minimum Gasteiger partial charge on any atom is -0.550 e. The number of nitrogens with two attached hydrogens (primary N) is 1. The Labute approximate surface area is 112 Å². The highest BCUT2D eigenvalue weighted by Crippen LogP contribution is 2.09. The van der Waals surface area contributed by atoms with E-state index in [4.69, 9.17) is 0 Å². The Hall–Kier alpha value is -0.570. The molecule has 0 aromatic carbocycles. The predicted octanol–water partition coefficient (Wildman–Crippen LogP) is 1.61. The predicted molar refractivity (Wildman–Crippen MR) is 73.1 cm³/mol. The minimum absolute atomic E-state index is 0.178. The number of unbranched alkanes of at least 4 members (excludes halogenated alkanes) is 9. The van der Waals surface area contributed by atoms with Crippen molar-refractivity contribution in [1.29, 1.82) is 0 Å². The summed E-state index contributed by atoms with van der Waals surface area (Å²) >= 11 is 0. The molecule has 0 aliphatic heterocycles. The number of rotatable bonds is 14. The summed E-state index contributed by atoms with van der Waals surface area (Å²) in [5.74, 6) is -0.936. The third kappa shape index (κ3) is 15.4. The molecule has 0 unspecified atom stereocenters. The smallest absolute Gasteiger partial charge is 0.0808 e. The molecule has 3 nitrogen and oxygen atoms in total. The molecule has 0 fully saturated rings. The van der Waals surface area contributed by atoms with Crippen molar-refractivity contribution in [3.63, 3.8) is 0 Å². The third-order valence-electron chi connectivity index (χ3n) is 3.31. The van der Waals surface area contributed by atoms with Crippen molar-refractivity contribution in [2.75, 3.05) is 13.1 Å². The van der Waals surface area contributed by atoms with Crippen molar-refractivity contribution < 1.29 is 15.2 Å². The fourth-order valence-corrected chi connectivity index (χ4v) is 2.14. The van der Waals surface area contributed by atoms with E-state index in [1.54, 1.807) is 0 Å². The summed E-state index contributed by atoms with van der Waals surface area (Å²) < 4.78 is 0. The second kappa shape index (κ2) is 14.5. The number of carbonyl (C=O) groups excluding carboxylic acids is 1. The molecule has 18 heavy (non-hydrogen) atoms. The van der Waals surface area contributed by atoms with Gasteiger partial charge in [-0.2, -0.15) is 0 Å². The van der Waals surface area contributed by atoms with E-state index in [0.29, 0.717) is 6.54 Å². The minimum atomic E-state index is -0.936. The number of quaternary nitrogens is 1. The van der Waals surface area contributed by atoms with E-state index in [1.165, 1.54) is 64.2 Å². The van der Waals surface area contributed by atoms with Crippen molar-refractivity contribution in [1.82, 2.24) is 0 Å². The highest BCUT2D eigenvalue weighted by molar-refractivity contribution is 5.64. The fourth-order valence-electron chi connectivity index (χ4n) is 2.14. The average molecular weight is 257 g/mol. The van der Waals surface area contributed by atoms with Gasteiger partial charge in [-0.15, -0.1) is 0 Å². The average Bonchev–Trinajstić information content (AvgIpc) is 2.34. The molecule has 0 spiro atoms. The van der Waals surface area contributed by atoms with Gasteiger partial charge in [0, 0.05) is 12.4 Å². The highest BCUT2D eigenvalue weighted by atomic mass is 16.4. The molecule has 0 saturated carbocycles. The maximum absolute atomic E-state index is 10.2. The normalized spacial score (nSPS) is 10.7. The maximum Gasteiger partial charge on any atom is 0.0808 e. The van der Waals surface area contributed by atoms with E-state index in [9.17, 15) is 9.90 Å². The molecule has 0 aliphatic rings. The van der Waals surface area contributed by atoms with Crippen LogP contribution in [0, 0.1) is 0 Å².